The molecule has 0 aliphatic heterocycles. The highest BCUT2D eigenvalue weighted by Crippen LogP contribution is 2.18. The van der Waals surface area contributed by atoms with Gasteiger partial charge in [0.2, 0.25) is 0 Å². The second kappa shape index (κ2) is 6.48. The van der Waals surface area contributed by atoms with Gasteiger partial charge in [-0.2, -0.15) is 0 Å². The third-order valence-electron chi connectivity index (χ3n) is 3.45. The molecule has 3 nitrogen and oxygen atoms in total. The molecule has 0 radical (unpaired) electrons. The lowest BCUT2D eigenvalue weighted by molar-refractivity contribution is 0.687. The molecule has 0 aliphatic carbocycles. The van der Waals surface area contributed by atoms with Crippen molar-refractivity contribution in [2.24, 2.45) is 0 Å². The molecule has 0 aliphatic rings. The van der Waals surface area contributed by atoms with Crippen LogP contribution < -0.4 is 5.32 Å². The van der Waals surface area contributed by atoms with E-state index in [0.717, 1.165) is 18.5 Å². The number of hydrogen-bond acceptors (Lipinski definition) is 2. The summed E-state index contributed by atoms with van der Waals surface area (Å²) in [6, 6.07) is 12.0. The summed E-state index contributed by atoms with van der Waals surface area (Å²) < 4.78 is 0. The molecule has 0 spiro atoms. The van der Waals surface area contributed by atoms with Gasteiger partial charge < -0.3 is 10.3 Å². The van der Waals surface area contributed by atoms with Crippen LogP contribution in [-0.2, 0) is 13.0 Å². The summed E-state index contributed by atoms with van der Waals surface area (Å²) in [5.41, 5.74) is 3.45. The van der Waals surface area contributed by atoms with Crippen LogP contribution in [0.15, 0.2) is 42.6 Å². The number of nitrogens with one attached hydrogen (secondary N) is 2. The van der Waals surface area contributed by atoms with E-state index in [-0.39, 0.29) is 0 Å². The van der Waals surface area contributed by atoms with Crippen LogP contribution in [0, 0.1) is 0 Å². The van der Waals surface area contributed by atoms with Crippen molar-refractivity contribution >= 4 is 34.1 Å². The summed E-state index contributed by atoms with van der Waals surface area (Å²) in [6.45, 7) is 1.56. The van der Waals surface area contributed by atoms with Crippen molar-refractivity contribution in [1.29, 1.82) is 0 Å². The van der Waals surface area contributed by atoms with Gasteiger partial charge >= 0.3 is 0 Å². The molecule has 2 N–H and O–H groups in total. The van der Waals surface area contributed by atoms with E-state index in [4.69, 9.17) is 23.2 Å². The molecule has 0 atom stereocenters. The zero-order valence-corrected chi connectivity index (χ0v) is 12.9. The van der Waals surface area contributed by atoms with E-state index in [1.165, 1.54) is 16.5 Å². The number of fused-ring (bicyclic) bond motifs is 1. The van der Waals surface area contributed by atoms with Gasteiger partial charge in [-0.15, -0.1) is 0 Å². The van der Waals surface area contributed by atoms with Crippen LogP contribution in [-0.4, -0.2) is 16.5 Å². The molecule has 5 heteroatoms. The normalized spacial score (nSPS) is 11.1. The average molecular weight is 320 g/mol. The Morgan fingerprint density at radius 3 is 2.76 bits per heavy atom. The molecule has 1 aromatic carbocycles. The second-order valence-corrected chi connectivity index (χ2v) is 5.62. The fraction of sp³-hybridized carbons (Fsp3) is 0.188. The summed E-state index contributed by atoms with van der Waals surface area (Å²) >= 11 is 11.8. The fourth-order valence-electron chi connectivity index (χ4n) is 2.36. The quantitative estimate of drug-likeness (QED) is 0.546. The first-order valence-electron chi connectivity index (χ1n) is 6.80. The lowest BCUT2D eigenvalue weighted by Crippen LogP contribution is -2.17. The van der Waals surface area contributed by atoms with Gasteiger partial charge in [-0.1, -0.05) is 47.5 Å². The van der Waals surface area contributed by atoms with E-state index in [9.17, 15) is 0 Å². The number of pyridine rings is 1. The minimum atomic E-state index is 0.419. The summed E-state index contributed by atoms with van der Waals surface area (Å²) in [7, 11) is 0. The summed E-state index contributed by atoms with van der Waals surface area (Å²) in [6.07, 6.45) is 3.03. The molecule has 0 unspecified atom stereocenters. The summed E-state index contributed by atoms with van der Waals surface area (Å²) in [4.78, 5) is 7.32. The molecule has 0 fully saturated rings. The Bertz CT molecular complexity index is 752. The van der Waals surface area contributed by atoms with Gasteiger partial charge in [0.15, 0.2) is 0 Å². The number of benzene rings is 1. The Kier molecular flexibility index (Phi) is 4.44. The third-order valence-corrected chi connectivity index (χ3v) is 3.99. The predicted octanol–water partition coefficient (Wildman–Crippen LogP) is 4.20. The number of H-pyrrole nitrogens is 1. The number of halogens is 2. The first-order chi connectivity index (χ1) is 10.2. The molecule has 108 valence electrons. The van der Waals surface area contributed by atoms with Crippen LogP contribution in [0.25, 0.3) is 10.9 Å². The van der Waals surface area contributed by atoms with Crippen LogP contribution >= 0.6 is 23.2 Å². The van der Waals surface area contributed by atoms with Crippen molar-refractivity contribution in [1.82, 2.24) is 15.3 Å². The van der Waals surface area contributed by atoms with Crippen molar-refractivity contribution in [3.63, 3.8) is 0 Å². The zero-order chi connectivity index (χ0) is 14.7. The van der Waals surface area contributed by atoms with E-state index in [0.29, 0.717) is 16.9 Å². The van der Waals surface area contributed by atoms with E-state index in [1.807, 2.05) is 12.1 Å². The predicted molar refractivity (Wildman–Crippen MR) is 88.0 cm³/mol. The van der Waals surface area contributed by atoms with Crippen LogP contribution in [0.5, 0.6) is 0 Å². The minimum Gasteiger partial charge on any atom is -0.361 e. The maximum absolute atomic E-state index is 6.05. The number of nitrogens with zero attached hydrogens (tertiary/aromatic N) is 1. The molecule has 2 heterocycles. The molecular weight excluding hydrogens is 305 g/mol. The maximum atomic E-state index is 6.05. The molecule has 0 amide bonds. The van der Waals surface area contributed by atoms with Gasteiger partial charge in [0.1, 0.15) is 10.3 Å². The highest BCUT2D eigenvalue weighted by Gasteiger charge is 2.04. The monoisotopic (exact) mass is 319 g/mol. The van der Waals surface area contributed by atoms with Crippen molar-refractivity contribution in [3.8, 4) is 0 Å². The summed E-state index contributed by atoms with van der Waals surface area (Å²) in [5.74, 6) is 0. The molecular formula is C16H15Cl2N3. The number of para-hydroxylation sites is 1. The number of aromatic nitrogens is 2. The van der Waals surface area contributed by atoms with Gasteiger partial charge in [-0.3, -0.25) is 0 Å². The lowest BCUT2D eigenvalue weighted by atomic mass is 10.1. The maximum Gasteiger partial charge on any atom is 0.135 e. The van der Waals surface area contributed by atoms with Crippen molar-refractivity contribution < 1.29 is 0 Å². The zero-order valence-electron chi connectivity index (χ0n) is 11.4. The molecule has 3 rings (SSSR count). The van der Waals surface area contributed by atoms with E-state index < -0.39 is 0 Å². The van der Waals surface area contributed by atoms with Crippen LogP contribution in [0.2, 0.25) is 10.3 Å². The van der Waals surface area contributed by atoms with Crippen LogP contribution in [0.4, 0.5) is 0 Å². The van der Waals surface area contributed by atoms with Gasteiger partial charge in [0.05, 0.1) is 0 Å². The first-order valence-corrected chi connectivity index (χ1v) is 7.56. The first kappa shape index (κ1) is 14.4. The van der Waals surface area contributed by atoms with Crippen molar-refractivity contribution in [2.75, 3.05) is 6.54 Å². The number of rotatable bonds is 5. The molecule has 0 saturated carbocycles. The lowest BCUT2D eigenvalue weighted by Gasteiger charge is -2.06. The van der Waals surface area contributed by atoms with Gasteiger partial charge in [0, 0.05) is 29.2 Å². The van der Waals surface area contributed by atoms with Crippen molar-refractivity contribution in [3.05, 3.63) is 64.0 Å². The smallest absolute Gasteiger partial charge is 0.135 e. The Morgan fingerprint density at radius 2 is 1.90 bits per heavy atom. The topological polar surface area (TPSA) is 40.7 Å². The highest BCUT2D eigenvalue weighted by atomic mass is 35.5. The Labute approximate surface area is 133 Å². The largest absolute Gasteiger partial charge is 0.361 e. The molecule has 3 aromatic rings. The second-order valence-electron chi connectivity index (χ2n) is 4.87. The molecule has 0 saturated heterocycles. The molecule has 0 bridgehead atoms. The number of aromatic amines is 1. The Balaban J connectivity index is 1.57. The SMILES string of the molecule is Clc1ccc(CNCCc2c[nH]c3ccccc23)c(Cl)n1. The van der Waals surface area contributed by atoms with Gasteiger partial charge in [-0.05, 0) is 30.7 Å². The van der Waals surface area contributed by atoms with Crippen molar-refractivity contribution in [2.45, 2.75) is 13.0 Å². The Morgan fingerprint density at radius 1 is 1.05 bits per heavy atom. The van der Waals surface area contributed by atoms with E-state index >= 15 is 0 Å². The molecule has 2 aromatic heterocycles. The highest BCUT2D eigenvalue weighted by molar-refractivity contribution is 6.32. The minimum absolute atomic E-state index is 0.419. The summed E-state index contributed by atoms with van der Waals surface area (Å²) in [5, 5.41) is 5.55. The Hall–Kier alpha value is -1.55. The number of hydrogen-bond donors (Lipinski definition) is 2. The van der Waals surface area contributed by atoms with Gasteiger partial charge in [0.25, 0.3) is 0 Å². The van der Waals surface area contributed by atoms with Gasteiger partial charge in [-0.25, -0.2) is 4.98 Å². The van der Waals surface area contributed by atoms with E-state index in [1.54, 1.807) is 6.07 Å². The average Bonchev–Trinajstić information content (AvgIpc) is 2.89. The standard InChI is InChI=1S/C16H15Cl2N3/c17-15-6-5-12(16(18)21-15)9-19-8-7-11-10-20-14-4-2-1-3-13(11)14/h1-6,10,19-20H,7-9H2. The fourth-order valence-corrected chi connectivity index (χ4v) is 2.77. The van der Waals surface area contributed by atoms with Crippen LogP contribution in [0.1, 0.15) is 11.1 Å². The third kappa shape index (κ3) is 3.38. The van der Waals surface area contributed by atoms with E-state index in [2.05, 4.69) is 39.7 Å². The molecule has 21 heavy (non-hydrogen) atoms. The van der Waals surface area contributed by atoms with Crippen LogP contribution in [0.3, 0.4) is 0 Å².